The minimum absolute atomic E-state index is 0.256. The Bertz CT molecular complexity index is 785. The second kappa shape index (κ2) is 5.63. The number of aromatic nitrogens is 1. The Balaban J connectivity index is 1.77. The maximum absolute atomic E-state index is 12.1. The maximum atomic E-state index is 12.1. The molecule has 0 saturated carbocycles. The van der Waals surface area contributed by atoms with Crippen molar-refractivity contribution in [1.82, 2.24) is 4.98 Å². The third kappa shape index (κ3) is 2.69. The zero-order valence-electron chi connectivity index (χ0n) is 11.2. The topological polar surface area (TPSA) is 59.2 Å². The Morgan fingerprint density at radius 3 is 2.57 bits per heavy atom. The monoisotopic (exact) mass is 279 g/mol. The molecule has 2 aromatic carbocycles. The van der Waals surface area contributed by atoms with E-state index >= 15 is 0 Å². The highest BCUT2D eigenvalue weighted by Gasteiger charge is 2.14. The fourth-order valence-electron chi connectivity index (χ4n) is 2.19. The molecule has 0 atom stereocenters. The molecule has 0 aliphatic carbocycles. The normalized spacial score (nSPS) is 10.5. The van der Waals surface area contributed by atoms with Crippen LogP contribution in [-0.4, -0.2) is 23.3 Å². The average Bonchev–Trinajstić information content (AvgIpc) is 3.06. The fourth-order valence-corrected chi connectivity index (χ4v) is 2.19. The third-order valence-electron chi connectivity index (χ3n) is 3.24. The molecule has 0 aliphatic rings. The molecule has 3 rings (SSSR count). The summed E-state index contributed by atoms with van der Waals surface area (Å²) in [6.07, 6.45) is 1.65. The number of rotatable bonds is 4. The SMILES string of the molecule is O=C(COC(=O)c1cccc2ccccc12)c1ccc[nH]1. The quantitative estimate of drug-likeness (QED) is 0.589. The van der Waals surface area contributed by atoms with Crippen molar-refractivity contribution in [2.45, 2.75) is 0 Å². The van der Waals surface area contributed by atoms with Crippen molar-refractivity contribution in [2.75, 3.05) is 6.61 Å². The van der Waals surface area contributed by atoms with Gasteiger partial charge in [0.25, 0.3) is 0 Å². The molecular formula is C17H13NO3. The summed E-state index contributed by atoms with van der Waals surface area (Å²) < 4.78 is 5.11. The van der Waals surface area contributed by atoms with Gasteiger partial charge in [0.2, 0.25) is 5.78 Å². The molecule has 1 aromatic heterocycles. The van der Waals surface area contributed by atoms with Gasteiger partial charge >= 0.3 is 5.97 Å². The molecule has 0 radical (unpaired) electrons. The van der Waals surface area contributed by atoms with Crippen molar-refractivity contribution in [1.29, 1.82) is 0 Å². The first kappa shape index (κ1) is 13.1. The second-order valence-corrected chi connectivity index (χ2v) is 4.61. The molecule has 104 valence electrons. The molecule has 21 heavy (non-hydrogen) atoms. The smallest absolute Gasteiger partial charge is 0.339 e. The van der Waals surface area contributed by atoms with Crippen LogP contribution in [0.15, 0.2) is 60.8 Å². The lowest BCUT2D eigenvalue weighted by Crippen LogP contribution is -2.14. The molecule has 0 saturated heterocycles. The van der Waals surface area contributed by atoms with Crippen molar-refractivity contribution in [2.24, 2.45) is 0 Å². The summed E-state index contributed by atoms with van der Waals surface area (Å²) in [6.45, 7) is -0.275. The summed E-state index contributed by atoms with van der Waals surface area (Å²) in [5.41, 5.74) is 0.896. The number of aromatic amines is 1. The van der Waals surface area contributed by atoms with Gasteiger partial charge in [-0.2, -0.15) is 0 Å². The standard InChI is InChI=1S/C17H13NO3/c19-16(15-9-4-10-18-15)11-21-17(20)14-8-3-6-12-5-1-2-7-13(12)14/h1-10,18H,11H2. The molecule has 0 amide bonds. The van der Waals surface area contributed by atoms with Gasteiger partial charge in [-0.3, -0.25) is 4.79 Å². The van der Waals surface area contributed by atoms with E-state index in [1.54, 1.807) is 30.5 Å². The lowest BCUT2D eigenvalue weighted by molar-refractivity contribution is 0.0475. The third-order valence-corrected chi connectivity index (χ3v) is 3.24. The van der Waals surface area contributed by atoms with Crippen LogP contribution in [-0.2, 0) is 4.74 Å². The van der Waals surface area contributed by atoms with Crippen molar-refractivity contribution in [3.8, 4) is 0 Å². The van der Waals surface area contributed by atoms with Crippen LogP contribution in [0.1, 0.15) is 20.8 Å². The minimum atomic E-state index is -0.494. The molecule has 0 fully saturated rings. The lowest BCUT2D eigenvalue weighted by atomic mass is 10.1. The molecular weight excluding hydrogens is 266 g/mol. The summed E-state index contributed by atoms with van der Waals surface area (Å²) >= 11 is 0. The Morgan fingerprint density at radius 2 is 1.76 bits per heavy atom. The Morgan fingerprint density at radius 1 is 0.952 bits per heavy atom. The van der Waals surface area contributed by atoms with Gasteiger partial charge in [0, 0.05) is 6.20 Å². The van der Waals surface area contributed by atoms with Crippen LogP contribution in [0.3, 0.4) is 0 Å². The van der Waals surface area contributed by atoms with Crippen LogP contribution in [0.5, 0.6) is 0 Å². The molecule has 0 bridgehead atoms. The van der Waals surface area contributed by atoms with Crippen LogP contribution < -0.4 is 0 Å². The Kier molecular flexibility index (Phi) is 3.51. The number of esters is 1. The highest BCUT2D eigenvalue weighted by Crippen LogP contribution is 2.19. The first-order chi connectivity index (χ1) is 10.3. The summed E-state index contributed by atoms with van der Waals surface area (Å²) in [5.74, 6) is -0.750. The zero-order chi connectivity index (χ0) is 14.7. The largest absolute Gasteiger partial charge is 0.454 e. The average molecular weight is 279 g/mol. The van der Waals surface area contributed by atoms with Crippen LogP contribution in [0.25, 0.3) is 10.8 Å². The number of hydrogen-bond acceptors (Lipinski definition) is 3. The van der Waals surface area contributed by atoms with Gasteiger partial charge in [0.05, 0.1) is 11.3 Å². The van der Waals surface area contributed by atoms with E-state index in [-0.39, 0.29) is 12.4 Å². The number of fused-ring (bicyclic) bond motifs is 1. The Hall–Kier alpha value is -2.88. The molecule has 3 aromatic rings. The number of Topliss-reactive ketones (excluding diaryl/α,β-unsaturated/α-hetero) is 1. The minimum Gasteiger partial charge on any atom is -0.454 e. The number of carbonyl (C=O) groups excluding carboxylic acids is 2. The highest BCUT2D eigenvalue weighted by atomic mass is 16.5. The first-order valence-electron chi connectivity index (χ1n) is 6.57. The number of carbonyl (C=O) groups is 2. The van der Waals surface area contributed by atoms with Crippen molar-refractivity contribution >= 4 is 22.5 Å². The number of ether oxygens (including phenoxy) is 1. The molecule has 0 aliphatic heterocycles. The van der Waals surface area contributed by atoms with Gasteiger partial charge < -0.3 is 9.72 Å². The van der Waals surface area contributed by atoms with Crippen molar-refractivity contribution < 1.29 is 14.3 Å². The van der Waals surface area contributed by atoms with Crippen molar-refractivity contribution in [3.63, 3.8) is 0 Å². The van der Waals surface area contributed by atoms with Gasteiger partial charge in [0.1, 0.15) is 0 Å². The summed E-state index contributed by atoms with van der Waals surface area (Å²) in [7, 11) is 0. The summed E-state index contributed by atoms with van der Waals surface area (Å²) in [4.78, 5) is 26.7. The van der Waals surface area contributed by atoms with Crippen molar-refractivity contribution in [3.05, 3.63) is 72.1 Å². The van der Waals surface area contributed by atoms with Crippen LogP contribution in [0.4, 0.5) is 0 Å². The number of hydrogen-bond donors (Lipinski definition) is 1. The van der Waals surface area contributed by atoms with Gasteiger partial charge in [-0.05, 0) is 29.0 Å². The second-order valence-electron chi connectivity index (χ2n) is 4.61. The predicted molar refractivity (Wildman–Crippen MR) is 79.4 cm³/mol. The fraction of sp³-hybridized carbons (Fsp3) is 0.0588. The van der Waals surface area contributed by atoms with Gasteiger partial charge in [-0.1, -0.05) is 36.4 Å². The van der Waals surface area contributed by atoms with Crippen LogP contribution >= 0.6 is 0 Å². The number of benzene rings is 2. The summed E-state index contributed by atoms with van der Waals surface area (Å²) in [6, 6.07) is 16.4. The number of H-pyrrole nitrogens is 1. The Labute approximate surface area is 121 Å². The van der Waals surface area contributed by atoms with Crippen LogP contribution in [0, 0.1) is 0 Å². The van der Waals surface area contributed by atoms with Gasteiger partial charge in [-0.15, -0.1) is 0 Å². The van der Waals surface area contributed by atoms with E-state index in [0.29, 0.717) is 11.3 Å². The zero-order valence-corrected chi connectivity index (χ0v) is 11.2. The van der Waals surface area contributed by atoms with E-state index in [1.807, 2.05) is 30.3 Å². The molecule has 0 unspecified atom stereocenters. The molecule has 1 N–H and O–H groups in total. The highest BCUT2D eigenvalue weighted by molar-refractivity contribution is 6.05. The molecule has 4 nitrogen and oxygen atoms in total. The van der Waals surface area contributed by atoms with E-state index in [2.05, 4.69) is 4.98 Å². The number of nitrogens with one attached hydrogen (secondary N) is 1. The van der Waals surface area contributed by atoms with Gasteiger partial charge in [0.15, 0.2) is 6.61 Å². The lowest BCUT2D eigenvalue weighted by Gasteiger charge is -2.06. The summed E-state index contributed by atoms with van der Waals surface area (Å²) in [5, 5.41) is 1.78. The molecule has 4 heteroatoms. The first-order valence-corrected chi connectivity index (χ1v) is 6.57. The number of ketones is 1. The van der Waals surface area contributed by atoms with E-state index in [0.717, 1.165) is 10.8 Å². The van der Waals surface area contributed by atoms with E-state index in [4.69, 9.17) is 4.74 Å². The van der Waals surface area contributed by atoms with Gasteiger partial charge in [-0.25, -0.2) is 4.79 Å². The predicted octanol–water partition coefficient (Wildman–Crippen LogP) is 3.21. The van der Waals surface area contributed by atoms with E-state index < -0.39 is 5.97 Å². The molecule has 1 heterocycles. The van der Waals surface area contributed by atoms with E-state index in [1.165, 1.54) is 0 Å². The molecule has 0 spiro atoms. The maximum Gasteiger partial charge on any atom is 0.339 e. The van der Waals surface area contributed by atoms with Crippen LogP contribution in [0.2, 0.25) is 0 Å². The van der Waals surface area contributed by atoms with E-state index in [9.17, 15) is 9.59 Å².